The molecule has 1 atom stereocenters. The summed E-state index contributed by atoms with van der Waals surface area (Å²) in [5.41, 5.74) is 0. The Balaban J connectivity index is 2.07. The van der Waals surface area contributed by atoms with Crippen LogP contribution in [0.2, 0.25) is 5.02 Å². The van der Waals surface area contributed by atoms with Gasteiger partial charge in [0.2, 0.25) is 11.8 Å². The molecule has 0 fully saturated rings. The minimum absolute atomic E-state index is 0.0560. The number of nitrogens with zero attached hydrogens (tertiary/aromatic N) is 2. The van der Waals surface area contributed by atoms with Crippen molar-refractivity contribution in [1.29, 1.82) is 0 Å². The fourth-order valence-corrected chi connectivity index (χ4v) is 1.64. The number of anilines is 1. The summed E-state index contributed by atoms with van der Waals surface area (Å²) in [6.45, 7) is 1.70. The first-order chi connectivity index (χ1) is 9.95. The van der Waals surface area contributed by atoms with Gasteiger partial charge in [0, 0.05) is 0 Å². The Morgan fingerprint density at radius 3 is 2.76 bits per heavy atom. The lowest BCUT2D eigenvalue weighted by atomic mass is 10.4. The lowest BCUT2D eigenvalue weighted by Crippen LogP contribution is -2.20. The maximum absolute atomic E-state index is 12.9. The van der Waals surface area contributed by atoms with E-state index in [-0.39, 0.29) is 21.6 Å². The molecule has 2 aromatic rings. The number of halogens is 3. The molecule has 1 unspecified atom stereocenters. The monoisotopic (exact) mass is 373 g/mol. The van der Waals surface area contributed by atoms with Gasteiger partial charge in [-0.3, -0.25) is 4.79 Å². The van der Waals surface area contributed by atoms with Crippen molar-refractivity contribution in [3.8, 4) is 11.6 Å². The number of pyridine rings is 2. The second-order valence-electron chi connectivity index (χ2n) is 4.03. The highest BCUT2D eigenvalue weighted by atomic mass is 79.9. The molecular formula is C13H10BrClFN3O2. The molecule has 5 nitrogen and oxygen atoms in total. The van der Waals surface area contributed by atoms with Crippen LogP contribution in [0.5, 0.6) is 11.6 Å². The Morgan fingerprint density at radius 1 is 1.43 bits per heavy atom. The second kappa shape index (κ2) is 6.82. The average molecular weight is 375 g/mol. The Kier molecular flexibility index (Phi) is 5.08. The third-order valence-electron chi connectivity index (χ3n) is 2.34. The first-order valence-corrected chi connectivity index (χ1v) is 7.15. The number of carbonyl (C=O) groups excluding carboxylic acids is 1. The lowest BCUT2D eigenvalue weighted by molar-refractivity contribution is -0.115. The van der Waals surface area contributed by atoms with Crippen molar-refractivity contribution in [2.45, 2.75) is 11.8 Å². The van der Waals surface area contributed by atoms with Gasteiger partial charge in [0.05, 0.1) is 17.2 Å². The third-order valence-corrected chi connectivity index (χ3v) is 3.02. The van der Waals surface area contributed by atoms with Gasteiger partial charge in [0.15, 0.2) is 0 Å². The van der Waals surface area contributed by atoms with E-state index in [0.29, 0.717) is 11.6 Å². The van der Waals surface area contributed by atoms with E-state index in [4.69, 9.17) is 16.3 Å². The van der Waals surface area contributed by atoms with E-state index >= 15 is 0 Å². The standard InChI is InChI=1S/C13H10BrClFN3O2/c1-7(14)12(20)19-11-3-2-9(6-17-11)21-13-10(15)4-8(16)5-18-13/h2-7H,1H3,(H,17,19,20). The van der Waals surface area contributed by atoms with Gasteiger partial charge in [-0.2, -0.15) is 0 Å². The van der Waals surface area contributed by atoms with Crippen molar-refractivity contribution in [2.75, 3.05) is 5.32 Å². The molecule has 110 valence electrons. The lowest BCUT2D eigenvalue weighted by Gasteiger charge is -2.08. The van der Waals surface area contributed by atoms with Crippen molar-refractivity contribution in [1.82, 2.24) is 9.97 Å². The van der Waals surface area contributed by atoms with Gasteiger partial charge in [-0.25, -0.2) is 14.4 Å². The van der Waals surface area contributed by atoms with Gasteiger partial charge in [-0.1, -0.05) is 27.5 Å². The van der Waals surface area contributed by atoms with Crippen molar-refractivity contribution in [3.63, 3.8) is 0 Å². The molecule has 2 rings (SSSR count). The van der Waals surface area contributed by atoms with Crippen LogP contribution in [0.4, 0.5) is 10.2 Å². The molecule has 2 aromatic heterocycles. The van der Waals surface area contributed by atoms with Crippen LogP contribution in [0.25, 0.3) is 0 Å². The summed E-state index contributed by atoms with van der Waals surface area (Å²) in [6.07, 6.45) is 2.40. The van der Waals surface area contributed by atoms with Gasteiger partial charge in [-0.15, -0.1) is 0 Å². The minimum Gasteiger partial charge on any atom is -0.436 e. The molecule has 1 amide bonds. The summed E-state index contributed by atoms with van der Waals surface area (Å²) in [7, 11) is 0. The molecule has 0 saturated heterocycles. The third kappa shape index (κ3) is 4.37. The van der Waals surface area contributed by atoms with E-state index in [0.717, 1.165) is 12.3 Å². The zero-order valence-electron chi connectivity index (χ0n) is 10.8. The van der Waals surface area contributed by atoms with E-state index in [1.54, 1.807) is 19.1 Å². The molecule has 0 radical (unpaired) electrons. The summed E-state index contributed by atoms with van der Waals surface area (Å²) in [6, 6.07) is 4.26. The Labute approximate surface area is 133 Å². The molecule has 0 saturated carbocycles. The van der Waals surface area contributed by atoms with E-state index in [1.165, 1.54) is 6.20 Å². The van der Waals surface area contributed by atoms with Gasteiger partial charge < -0.3 is 10.1 Å². The Bertz CT molecular complexity index is 652. The maximum atomic E-state index is 12.9. The van der Waals surface area contributed by atoms with Crippen molar-refractivity contribution in [2.24, 2.45) is 0 Å². The summed E-state index contributed by atoms with van der Waals surface area (Å²) in [4.78, 5) is 18.9. The van der Waals surface area contributed by atoms with E-state index < -0.39 is 5.82 Å². The largest absolute Gasteiger partial charge is 0.436 e. The van der Waals surface area contributed by atoms with Crippen LogP contribution in [0.3, 0.4) is 0 Å². The van der Waals surface area contributed by atoms with Crippen LogP contribution in [-0.2, 0) is 4.79 Å². The van der Waals surface area contributed by atoms with Crippen LogP contribution in [-0.4, -0.2) is 20.7 Å². The van der Waals surface area contributed by atoms with Crippen LogP contribution in [0.1, 0.15) is 6.92 Å². The van der Waals surface area contributed by atoms with Gasteiger partial charge in [0.1, 0.15) is 22.4 Å². The number of nitrogens with one attached hydrogen (secondary N) is 1. The molecule has 21 heavy (non-hydrogen) atoms. The highest BCUT2D eigenvalue weighted by Gasteiger charge is 2.10. The topological polar surface area (TPSA) is 64.1 Å². The van der Waals surface area contributed by atoms with Gasteiger partial charge in [-0.05, 0) is 25.1 Å². The summed E-state index contributed by atoms with van der Waals surface area (Å²) >= 11 is 8.96. The maximum Gasteiger partial charge on any atom is 0.239 e. The molecule has 0 aliphatic rings. The number of hydrogen-bond donors (Lipinski definition) is 1. The summed E-state index contributed by atoms with van der Waals surface area (Å²) in [5.74, 6) is 0.0651. The predicted octanol–water partition coefficient (Wildman–Crippen LogP) is 3.78. The summed E-state index contributed by atoms with van der Waals surface area (Å²) < 4.78 is 18.2. The molecule has 0 aliphatic carbocycles. The van der Waals surface area contributed by atoms with Crippen LogP contribution >= 0.6 is 27.5 Å². The molecule has 1 N–H and O–H groups in total. The highest BCUT2D eigenvalue weighted by Crippen LogP contribution is 2.27. The highest BCUT2D eigenvalue weighted by molar-refractivity contribution is 9.10. The van der Waals surface area contributed by atoms with Crippen molar-refractivity contribution < 1.29 is 13.9 Å². The number of ether oxygens (including phenoxy) is 1. The molecule has 2 heterocycles. The van der Waals surface area contributed by atoms with Crippen molar-refractivity contribution in [3.05, 3.63) is 41.4 Å². The van der Waals surface area contributed by atoms with E-state index in [1.807, 2.05) is 0 Å². The number of hydrogen-bond acceptors (Lipinski definition) is 4. The molecule has 0 aliphatic heterocycles. The molecule has 0 bridgehead atoms. The Hall–Kier alpha value is -1.73. The average Bonchev–Trinajstić information content (AvgIpc) is 2.43. The minimum atomic E-state index is -0.549. The first kappa shape index (κ1) is 15.7. The van der Waals surface area contributed by atoms with Crippen LogP contribution < -0.4 is 10.1 Å². The van der Waals surface area contributed by atoms with Gasteiger partial charge in [0.25, 0.3) is 0 Å². The zero-order valence-corrected chi connectivity index (χ0v) is 13.2. The fourth-order valence-electron chi connectivity index (χ4n) is 1.33. The quantitative estimate of drug-likeness (QED) is 0.827. The first-order valence-electron chi connectivity index (χ1n) is 5.85. The number of amides is 1. The normalized spacial score (nSPS) is 11.8. The summed E-state index contributed by atoms with van der Waals surface area (Å²) in [5, 5.41) is 2.66. The number of carbonyl (C=O) groups is 1. The van der Waals surface area contributed by atoms with Crippen LogP contribution in [0.15, 0.2) is 30.6 Å². The van der Waals surface area contributed by atoms with E-state index in [2.05, 4.69) is 31.2 Å². The smallest absolute Gasteiger partial charge is 0.239 e. The SMILES string of the molecule is CC(Br)C(=O)Nc1ccc(Oc2ncc(F)cc2Cl)cn1. The van der Waals surface area contributed by atoms with E-state index in [9.17, 15) is 9.18 Å². The second-order valence-corrected chi connectivity index (χ2v) is 5.81. The van der Waals surface area contributed by atoms with Crippen LogP contribution in [0, 0.1) is 5.82 Å². The number of alkyl halides is 1. The number of rotatable bonds is 4. The number of aromatic nitrogens is 2. The molecule has 0 spiro atoms. The van der Waals surface area contributed by atoms with Gasteiger partial charge >= 0.3 is 0 Å². The molecule has 0 aromatic carbocycles. The fraction of sp³-hybridized carbons (Fsp3) is 0.154. The predicted molar refractivity (Wildman–Crippen MR) is 80.5 cm³/mol. The molecule has 8 heteroatoms. The van der Waals surface area contributed by atoms with Crippen molar-refractivity contribution >= 4 is 39.3 Å². The zero-order chi connectivity index (χ0) is 15.4. The molecular weight excluding hydrogens is 365 g/mol. The Morgan fingerprint density at radius 2 is 2.19 bits per heavy atom.